The van der Waals surface area contributed by atoms with Crippen molar-refractivity contribution in [2.45, 2.75) is 58.1 Å². The van der Waals surface area contributed by atoms with E-state index in [4.69, 9.17) is 9.16 Å². The minimum Gasteiger partial charge on any atom is -0.508 e. The molecule has 0 unspecified atom stereocenters. The number of fused-ring (bicyclic) bond motifs is 3. The summed E-state index contributed by atoms with van der Waals surface area (Å²) in [6, 6.07) is 28.5. The highest BCUT2D eigenvalue weighted by molar-refractivity contribution is 6.99. The summed E-state index contributed by atoms with van der Waals surface area (Å²) in [7, 11) is -1.21. The van der Waals surface area contributed by atoms with Crippen LogP contribution in [-0.2, 0) is 18.8 Å². The Morgan fingerprint density at radius 2 is 1.61 bits per heavy atom. The molecule has 6 nitrogen and oxygen atoms in total. The summed E-state index contributed by atoms with van der Waals surface area (Å²) in [6.45, 7) is 9.75. The summed E-state index contributed by atoms with van der Waals surface area (Å²) >= 11 is 0. The second-order valence-electron chi connectivity index (χ2n) is 14.1. The van der Waals surface area contributed by atoms with Crippen LogP contribution in [0.4, 0.5) is 0 Å². The Morgan fingerprint density at radius 1 is 0.957 bits per heavy atom. The van der Waals surface area contributed by atoms with E-state index in [9.17, 15) is 14.7 Å². The molecular formula is C39H45NO5Si. The van der Waals surface area contributed by atoms with Crippen molar-refractivity contribution in [2.75, 3.05) is 20.3 Å². The molecule has 4 atom stereocenters. The SMILES string of the molecule is C/C(=C\c1cccc(O)c1)CC[C@H]1OC[C@H]2C1=C(CO[Si](c1ccccc1)(c1ccccc1)C(C)(C)C)C[C@H]1C(=O)N(C)C(=O)[C@H]12. The first-order valence-electron chi connectivity index (χ1n) is 16.4. The molecule has 6 rings (SSSR count). The first-order valence-corrected chi connectivity index (χ1v) is 18.3. The van der Waals surface area contributed by atoms with Gasteiger partial charge in [-0.15, -0.1) is 0 Å². The van der Waals surface area contributed by atoms with Crippen LogP contribution in [0, 0.1) is 17.8 Å². The zero-order chi connectivity index (χ0) is 32.6. The molecule has 2 fully saturated rings. The summed E-state index contributed by atoms with van der Waals surface area (Å²) in [5, 5.41) is 12.1. The van der Waals surface area contributed by atoms with Gasteiger partial charge in [0.25, 0.3) is 8.32 Å². The number of aromatic hydroxyl groups is 1. The topological polar surface area (TPSA) is 76.1 Å². The molecule has 0 spiro atoms. The number of carbonyl (C=O) groups is 2. The first-order chi connectivity index (χ1) is 22.0. The van der Waals surface area contributed by atoms with E-state index in [2.05, 4.69) is 82.3 Å². The van der Waals surface area contributed by atoms with Gasteiger partial charge in [0, 0.05) is 13.0 Å². The van der Waals surface area contributed by atoms with E-state index in [0.29, 0.717) is 19.6 Å². The normalized spacial score (nSPS) is 23.6. The van der Waals surface area contributed by atoms with Gasteiger partial charge < -0.3 is 14.3 Å². The highest BCUT2D eigenvalue weighted by Crippen LogP contribution is 2.50. The number of allylic oxidation sites excluding steroid dienone is 1. The fourth-order valence-corrected chi connectivity index (χ4v) is 12.6. The van der Waals surface area contributed by atoms with Gasteiger partial charge in [-0.05, 0) is 70.4 Å². The molecule has 0 bridgehead atoms. The number of hydrogen-bond acceptors (Lipinski definition) is 5. The number of amides is 2. The maximum absolute atomic E-state index is 13.4. The minimum absolute atomic E-state index is 0.0892. The van der Waals surface area contributed by atoms with Crippen LogP contribution >= 0.6 is 0 Å². The number of imide groups is 1. The van der Waals surface area contributed by atoms with E-state index in [1.54, 1.807) is 19.2 Å². The van der Waals surface area contributed by atoms with Gasteiger partial charge in [-0.3, -0.25) is 14.5 Å². The molecule has 2 heterocycles. The predicted molar refractivity (Wildman–Crippen MR) is 184 cm³/mol. The Morgan fingerprint density at radius 3 is 2.22 bits per heavy atom. The first kappa shape index (κ1) is 32.2. The summed E-state index contributed by atoms with van der Waals surface area (Å²) < 4.78 is 13.9. The molecule has 7 heteroatoms. The molecule has 3 aromatic carbocycles. The van der Waals surface area contributed by atoms with Crippen molar-refractivity contribution in [1.29, 1.82) is 0 Å². The molecule has 1 aliphatic carbocycles. The second-order valence-corrected chi connectivity index (χ2v) is 18.4. The van der Waals surface area contributed by atoms with Crippen LogP contribution in [-0.4, -0.2) is 56.5 Å². The van der Waals surface area contributed by atoms with E-state index in [1.165, 1.54) is 26.4 Å². The summed E-state index contributed by atoms with van der Waals surface area (Å²) in [4.78, 5) is 28.1. The fourth-order valence-electron chi connectivity index (χ4n) is 8.05. The lowest BCUT2D eigenvalue weighted by Crippen LogP contribution is -2.66. The van der Waals surface area contributed by atoms with Gasteiger partial charge in [-0.1, -0.05) is 105 Å². The number of rotatable bonds is 9. The van der Waals surface area contributed by atoms with Crippen LogP contribution in [0.15, 0.2) is 102 Å². The highest BCUT2D eigenvalue weighted by atomic mass is 28.4. The third kappa shape index (κ3) is 5.81. The molecule has 3 aromatic rings. The monoisotopic (exact) mass is 635 g/mol. The van der Waals surface area contributed by atoms with Crippen molar-refractivity contribution < 1.29 is 23.9 Å². The zero-order valence-corrected chi connectivity index (χ0v) is 28.5. The van der Waals surface area contributed by atoms with Gasteiger partial charge >= 0.3 is 0 Å². The maximum Gasteiger partial charge on any atom is 0.261 e. The minimum atomic E-state index is -2.83. The molecule has 46 heavy (non-hydrogen) atoms. The van der Waals surface area contributed by atoms with Crippen LogP contribution in [0.3, 0.4) is 0 Å². The lowest BCUT2D eigenvalue weighted by Gasteiger charge is -2.44. The molecule has 2 saturated heterocycles. The Labute approximate surface area is 273 Å². The number of nitrogens with zero attached hydrogens (tertiary/aromatic N) is 1. The Hall–Kier alpha value is -3.78. The number of likely N-dealkylation sites (tertiary alicyclic amines) is 1. The summed E-state index contributed by atoms with van der Waals surface area (Å²) in [6.07, 6.45) is 4.04. The van der Waals surface area contributed by atoms with Crippen LogP contribution in [0.25, 0.3) is 6.08 Å². The number of phenolic OH excluding ortho intramolecular Hbond substituents is 1. The maximum atomic E-state index is 13.4. The third-order valence-corrected chi connectivity index (χ3v) is 15.2. The highest BCUT2D eigenvalue weighted by Gasteiger charge is 2.57. The van der Waals surface area contributed by atoms with Crippen LogP contribution < -0.4 is 10.4 Å². The van der Waals surface area contributed by atoms with Crippen molar-refractivity contribution in [1.82, 2.24) is 4.90 Å². The number of hydrogen-bond donors (Lipinski definition) is 1. The molecular weight excluding hydrogens is 591 g/mol. The molecule has 0 aromatic heterocycles. The van der Waals surface area contributed by atoms with Crippen LogP contribution in [0.2, 0.25) is 5.04 Å². The second kappa shape index (κ2) is 12.8. The largest absolute Gasteiger partial charge is 0.508 e. The lowest BCUT2D eigenvalue weighted by molar-refractivity contribution is -0.138. The number of carbonyl (C=O) groups excluding carboxylic acids is 2. The predicted octanol–water partition coefficient (Wildman–Crippen LogP) is 6.10. The van der Waals surface area contributed by atoms with Gasteiger partial charge in [0.15, 0.2) is 0 Å². The Balaban J connectivity index is 1.37. The van der Waals surface area contributed by atoms with E-state index >= 15 is 0 Å². The average Bonchev–Trinajstić information content (AvgIpc) is 3.55. The molecule has 240 valence electrons. The Bertz CT molecular complexity index is 1620. The van der Waals surface area contributed by atoms with Crippen LogP contribution in [0.5, 0.6) is 5.75 Å². The van der Waals surface area contributed by atoms with Crippen molar-refractivity contribution >= 4 is 36.6 Å². The van der Waals surface area contributed by atoms with Gasteiger partial charge in [0.05, 0.1) is 31.2 Å². The summed E-state index contributed by atoms with van der Waals surface area (Å²) in [5.74, 6) is -0.814. The van der Waals surface area contributed by atoms with Crippen molar-refractivity contribution in [3.8, 4) is 5.75 Å². The van der Waals surface area contributed by atoms with Gasteiger partial charge in [0.2, 0.25) is 11.8 Å². The average molecular weight is 636 g/mol. The smallest absolute Gasteiger partial charge is 0.261 e. The molecule has 0 saturated carbocycles. The van der Waals surface area contributed by atoms with E-state index in [-0.39, 0.29) is 46.5 Å². The number of benzene rings is 3. The summed E-state index contributed by atoms with van der Waals surface area (Å²) in [5.41, 5.74) is 4.43. The van der Waals surface area contributed by atoms with E-state index in [1.807, 2.05) is 24.3 Å². The molecule has 2 amide bonds. The van der Waals surface area contributed by atoms with Crippen molar-refractivity contribution in [2.24, 2.45) is 17.8 Å². The number of ether oxygens (including phenoxy) is 1. The van der Waals surface area contributed by atoms with E-state index in [0.717, 1.165) is 24.0 Å². The zero-order valence-electron chi connectivity index (χ0n) is 27.5. The Kier molecular flexibility index (Phi) is 8.94. The molecule has 3 aliphatic rings. The standard InChI is InChI=1S/C39H45NO5Si/c1-26(21-27-13-12-14-29(41)22-27)19-20-34-35-28(23-32-36(33(35)25-44-34)38(43)40(5)37(32)42)24-45-46(39(2,3)4,30-15-8-6-9-16-30)31-17-10-7-11-18-31/h6-18,21-22,32-34,36,41H,19-20,23-25H2,1-5H3/b26-21+/t32-,33+,34-,36-/m1/s1. The van der Waals surface area contributed by atoms with E-state index < -0.39 is 8.32 Å². The van der Waals surface area contributed by atoms with Crippen LogP contribution in [0.1, 0.15) is 52.5 Å². The van der Waals surface area contributed by atoms with Crippen molar-refractivity contribution in [3.63, 3.8) is 0 Å². The van der Waals surface area contributed by atoms with Crippen molar-refractivity contribution in [3.05, 3.63) is 107 Å². The molecule has 2 aliphatic heterocycles. The van der Waals surface area contributed by atoms with Gasteiger partial charge in [0.1, 0.15) is 5.75 Å². The molecule has 1 N–H and O–H groups in total. The van der Waals surface area contributed by atoms with Gasteiger partial charge in [-0.25, -0.2) is 0 Å². The van der Waals surface area contributed by atoms with Gasteiger partial charge in [-0.2, -0.15) is 0 Å². The third-order valence-electron chi connectivity index (χ3n) is 10.2. The molecule has 0 radical (unpaired) electrons. The fraction of sp³-hybridized carbons (Fsp3) is 0.385. The quantitative estimate of drug-likeness (QED) is 0.175. The lowest BCUT2D eigenvalue weighted by atomic mass is 9.69. The number of phenols is 1.